The van der Waals surface area contributed by atoms with Crippen LogP contribution in [0.3, 0.4) is 0 Å². The molecule has 0 saturated carbocycles. The zero-order valence-corrected chi connectivity index (χ0v) is 20.4. The van der Waals surface area contributed by atoms with E-state index in [1.54, 1.807) is 12.1 Å². The topological polar surface area (TPSA) is 117 Å². The number of amides is 1. The molecule has 0 bridgehead atoms. The third kappa shape index (κ3) is 6.12. The van der Waals surface area contributed by atoms with Crippen molar-refractivity contribution in [1.82, 2.24) is 9.62 Å². The van der Waals surface area contributed by atoms with E-state index < -0.39 is 27.9 Å². The molecule has 0 aliphatic heterocycles. The molecule has 0 fully saturated rings. The standard InChI is InChI=1S/C26H25N3O5S/c1-18(28-25(30)21-12-14-23(15-13-21)35(32,33)29(2)3)26(31)34-17-19-8-10-20(11-9-19)24-7-5-4-6-22(24)16-27/h4-15,18H,17H2,1-3H3,(H,28,30). The number of nitriles is 1. The van der Waals surface area contributed by atoms with Crippen molar-refractivity contribution in [2.75, 3.05) is 14.1 Å². The van der Waals surface area contributed by atoms with Crippen LogP contribution in [0.5, 0.6) is 0 Å². The van der Waals surface area contributed by atoms with Gasteiger partial charge in [0.2, 0.25) is 10.0 Å². The van der Waals surface area contributed by atoms with Crippen LogP contribution >= 0.6 is 0 Å². The average Bonchev–Trinajstić information content (AvgIpc) is 2.87. The fourth-order valence-corrected chi connectivity index (χ4v) is 4.12. The summed E-state index contributed by atoms with van der Waals surface area (Å²) in [4.78, 5) is 24.9. The van der Waals surface area contributed by atoms with E-state index >= 15 is 0 Å². The smallest absolute Gasteiger partial charge is 0.328 e. The van der Waals surface area contributed by atoms with Gasteiger partial charge in [0.15, 0.2) is 0 Å². The number of carbonyl (C=O) groups is 2. The average molecular weight is 492 g/mol. The molecule has 35 heavy (non-hydrogen) atoms. The van der Waals surface area contributed by atoms with Crippen LogP contribution in [0.1, 0.15) is 28.4 Å². The predicted octanol–water partition coefficient (Wildman–Crippen LogP) is 3.34. The normalized spacial score (nSPS) is 12.0. The largest absolute Gasteiger partial charge is 0.459 e. The summed E-state index contributed by atoms with van der Waals surface area (Å²) < 4.78 is 30.7. The van der Waals surface area contributed by atoms with Crippen molar-refractivity contribution >= 4 is 21.9 Å². The lowest BCUT2D eigenvalue weighted by atomic mass is 9.99. The van der Waals surface area contributed by atoms with Gasteiger partial charge in [-0.15, -0.1) is 0 Å². The maximum Gasteiger partial charge on any atom is 0.328 e. The third-order valence-corrected chi connectivity index (χ3v) is 7.12. The number of hydrogen-bond acceptors (Lipinski definition) is 6. The monoisotopic (exact) mass is 491 g/mol. The lowest BCUT2D eigenvalue weighted by molar-refractivity contribution is -0.146. The van der Waals surface area contributed by atoms with Crippen LogP contribution in [0.4, 0.5) is 0 Å². The summed E-state index contributed by atoms with van der Waals surface area (Å²) in [6.07, 6.45) is 0. The second-order valence-corrected chi connectivity index (χ2v) is 10.1. The molecule has 0 heterocycles. The zero-order chi connectivity index (χ0) is 25.6. The molecular weight excluding hydrogens is 466 g/mol. The van der Waals surface area contributed by atoms with Gasteiger partial charge in [-0.1, -0.05) is 42.5 Å². The molecule has 0 radical (unpaired) electrons. The Balaban J connectivity index is 1.56. The molecule has 1 N–H and O–H groups in total. The van der Waals surface area contributed by atoms with E-state index in [0.717, 1.165) is 21.0 Å². The lowest BCUT2D eigenvalue weighted by Gasteiger charge is -2.14. The summed E-state index contributed by atoms with van der Waals surface area (Å²) in [5, 5.41) is 11.8. The molecule has 9 heteroatoms. The summed E-state index contributed by atoms with van der Waals surface area (Å²) in [7, 11) is -0.754. The quantitative estimate of drug-likeness (QED) is 0.483. The van der Waals surface area contributed by atoms with Gasteiger partial charge >= 0.3 is 5.97 Å². The van der Waals surface area contributed by atoms with E-state index in [2.05, 4.69) is 11.4 Å². The fourth-order valence-electron chi connectivity index (χ4n) is 3.22. The molecular formula is C26H25N3O5S. The van der Waals surface area contributed by atoms with Crippen LogP contribution in [-0.4, -0.2) is 44.7 Å². The molecule has 0 saturated heterocycles. The highest BCUT2D eigenvalue weighted by molar-refractivity contribution is 7.89. The Morgan fingerprint density at radius 3 is 2.23 bits per heavy atom. The van der Waals surface area contributed by atoms with Gasteiger partial charge in [0.1, 0.15) is 12.6 Å². The number of rotatable bonds is 8. The summed E-state index contributed by atoms with van der Waals surface area (Å²) in [5.74, 6) is -1.13. The van der Waals surface area contributed by atoms with Crippen LogP contribution in [0.2, 0.25) is 0 Å². The second kappa shape index (κ2) is 11.0. The van der Waals surface area contributed by atoms with E-state index in [0.29, 0.717) is 5.56 Å². The fraction of sp³-hybridized carbons (Fsp3) is 0.192. The van der Waals surface area contributed by atoms with Crippen LogP contribution in [0, 0.1) is 11.3 Å². The van der Waals surface area contributed by atoms with Crippen molar-refractivity contribution in [1.29, 1.82) is 5.26 Å². The minimum atomic E-state index is -3.60. The zero-order valence-electron chi connectivity index (χ0n) is 19.6. The molecule has 180 valence electrons. The van der Waals surface area contributed by atoms with Crippen LogP contribution in [0.15, 0.2) is 77.7 Å². The SMILES string of the molecule is CC(NC(=O)c1ccc(S(=O)(=O)N(C)C)cc1)C(=O)OCc1ccc(-c2ccccc2C#N)cc1. The van der Waals surface area contributed by atoms with Gasteiger partial charge in [0, 0.05) is 19.7 Å². The summed E-state index contributed by atoms with van der Waals surface area (Å²) in [6, 6.07) is 21.3. The molecule has 0 spiro atoms. The highest BCUT2D eigenvalue weighted by atomic mass is 32.2. The Labute approximate surface area is 204 Å². The Bertz CT molecular complexity index is 1360. The van der Waals surface area contributed by atoms with Crippen molar-refractivity contribution in [3.8, 4) is 17.2 Å². The van der Waals surface area contributed by atoms with E-state index in [-0.39, 0.29) is 17.1 Å². The number of esters is 1. The van der Waals surface area contributed by atoms with Gasteiger partial charge < -0.3 is 10.1 Å². The van der Waals surface area contributed by atoms with Crippen LogP contribution in [0.25, 0.3) is 11.1 Å². The number of nitrogens with one attached hydrogen (secondary N) is 1. The van der Waals surface area contributed by atoms with Crippen molar-refractivity contribution in [3.05, 3.63) is 89.5 Å². The first-order valence-corrected chi connectivity index (χ1v) is 12.2. The minimum Gasteiger partial charge on any atom is -0.459 e. The molecule has 0 aliphatic rings. The number of hydrogen-bond donors (Lipinski definition) is 1. The predicted molar refractivity (Wildman–Crippen MR) is 131 cm³/mol. The van der Waals surface area contributed by atoms with Crippen molar-refractivity contribution in [3.63, 3.8) is 0 Å². The van der Waals surface area contributed by atoms with E-state index in [1.807, 2.05) is 36.4 Å². The molecule has 0 aromatic heterocycles. The molecule has 0 aliphatic carbocycles. The first-order chi connectivity index (χ1) is 16.6. The van der Waals surface area contributed by atoms with E-state index in [4.69, 9.17) is 4.74 Å². The molecule has 3 aromatic rings. The van der Waals surface area contributed by atoms with Gasteiger partial charge in [-0.3, -0.25) is 4.79 Å². The Morgan fingerprint density at radius 2 is 1.63 bits per heavy atom. The van der Waals surface area contributed by atoms with Crippen molar-refractivity contribution in [2.45, 2.75) is 24.5 Å². The highest BCUT2D eigenvalue weighted by Crippen LogP contribution is 2.23. The lowest BCUT2D eigenvalue weighted by Crippen LogP contribution is -2.39. The Kier molecular flexibility index (Phi) is 8.02. The molecule has 1 unspecified atom stereocenters. The first-order valence-electron chi connectivity index (χ1n) is 10.7. The van der Waals surface area contributed by atoms with Crippen molar-refractivity contribution in [2.24, 2.45) is 0 Å². The number of ether oxygens (including phenoxy) is 1. The minimum absolute atomic E-state index is 0.0241. The van der Waals surface area contributed by atoms with E-state index in [1.165, 1.54) is 45.3 Å². The van der Waals surface area contributed by atoms with Gasteiger partial charge in [-0.2, -0.15) is 5.26 Å². The first kappa shape index (κ1) is 25.6. The van der Waals surface area contributed by atoms with Gasteiger partial charge in [-0.05, 0) is 53.9 Å². The second-order valence-electron chi connectivity index (χ2n) is 7.97. The molecule has 3 rings (SSSR count). The maximum absolute atomic E-state index is 12.5. The summed E-state index contributed by atoms with van der Waals surface area (Å²) >= 11 is 0. The summed E-state index contributed by atoms with van der Waals surface area (Å²) in [6.45, 7) is 1.53. The van der Waals surface area contributed by atoms with Gasteiger partial charge in [0.05, 0.1) is 16.5 Å². The molecule has 3 aromatic carbocycles. The Morgan fingerprint density at radius 1 is 1.00 bits per heavy atom. The maximum atomic E-state index is 12.5. The van der Waals surface area contributed by atoms with E-state index in [9.17, 15) is 23.3 Å². The van der Waals surface area contributed by atoms with Crippen LogP contribution < -0.4 is 5.32 Å². The number of benzene rings is 3. The number of sulfonamides is 1. The Hall–Kier alpha value is -4.00. The molecule has 8 nitrogen and oxygen atoms in total. The summed E-state index contributed by atoms with van der Waals surface area (Å²) in [5.41, 5.74) is 3.25. The number of nitrogens with zero attached hydrogens (tertiary/aromatic N) is 2. The highest BCUT2D eigenvalue weighted by Gasteiger charge is 2.20. The molecule has 1 atom stereocenters. The molecule has 1 amide bonds. The van der Waals surface area contributed by atoms with Crippen molar-refractivity contribution < 1.29 is 22.7 Å². The van der Waals surface area contributed by atoms with Gasteiger partial charge in [0.25, 0.3) is 5.91 Å². The third-order valence-electron chi connectivity index (χ3n) is 5.29. The number of carbonyl (C=O) groups excluding carboxylic acids is 2. The van der Waals surface area contributed by atoms with Crippen LogP contribution in [-0.2, 0) is 26.2 Å². The van der Waals surface area contributed by atoms with Gasteiger partial charge in [-0.25, -0.2) is 17.5 Å².